The fraction of sp³-hybridized carbons (Fsp3) is 0.500. The van der Waals surface area contributed by atoms with Crippen LogP contribution in [0.3, 0.4) is 0 Å². The minimum absolute atomic E-state index is 0.00436. The summed E-state index contributed by atoms with van der Waals surface area (Å²) in [6.45, 7) is 1.45. The molecule has 1 saturated heterocycles. The molecule has 1 N–H and O–H groups in total. The van der Waals surface area contributed by atoms with Crippen LogP contribution in [-0.2, 0) is 0 Å². The van der Waals surface area contributed by atoms with Gasteiger partial charge in [0.05, 0.1) is 11.7 Å². The van der Waals surface area contributed by atoms with E-state index in [0.29, 0.717) is 28.8 Å². The first-order valence-corrected chi connectivity index (χ1v) is 9.83. The van der Waals surface area contributed by atoms with Crippen LogP contribution in [0.4, 0.5) is 0 Å². The van der Waals surface area contributed by atoms with Crippen molar-refractivity contribution in [3.8, 4) is 5.75 Å². The monoisotopic (exact) mass is 373 g/mol. The third-order valence-electron chi connectivity index (χ3n) is 5.44. The average molecular weight is 374 g/mol. The zero-order chi connectivity index (χ0) is 17.9. The van der Waals surface area contributed by atoms with Gasteiger partial charge in [0.2, 0.25) is 0 Å². The molecule has 0 spiro atoms. The third kappa shape index (κ3) is 3.73. The number of hydrogen-bond donors (Lipinski definition) is 1. The fourth-order valence-corrected chi connectivity index (χ4v) is 4.21. The standard InChI is InChI=1S/C20H24ClN3O2/c21-15-7-8-19(26-16-5-1-2-6-16)17(12-15)20(25)24-11-3-4-14(13-24)18-9-10-22-23-18/h7-10,12,14,16H,1-6,11,13H2,(H,22,23). The third-order valence-corrected chi connectivity index (χ3v) is 5.67. The lowest BCUT2D eigenvalue weighted by Gasteiger charge is -2.32. The van der Waals surface area contributed by atoms with E-state index in [1.54, 1.807) is 18.3 Å². The van der Waals surface area contributed by atoms with Crippen LogP contribution in [0.25, 0.3) is 0 Å². The van der Waals surface area contributed by atoms with Crippen LogP contribution >= 0.6 is 11.6 Å². The summed E-state index contributed by atoms with van der Waals surface area (Å²) in [6.07, 6.45) is 8.52. The van der Waals surface area contributed by atoms with Crippen molar-refractivity contribution in [3.05, 3.63) is 46.7 Å². The summed E-state index contributed by atoms with van der Waals surface area (Å²) < 4.78 is 6.15. The maximum absolute atomic E-state index is 13.2. The molecule has 1 atom stereocenters. The molecule has 1 amide bonds. The van der Waals surface area contributed by atoms with Crippen molar-refractivity contribution in [2.75, 3.05) is 13.1 Å². The topological polar surface area (TPSA) is 58.2 Å². The van der Waals surface area contributed by atoms with Gasteiger partial charge in [-0.2, -0.15) is 5.10 Å². The molecular weight excluding hydrogens is 350 g/mol. The van der Waals surface area contributed by atoms with Gasteiger partial charge in [-0.3, -0.25) is 9.89 Å². The Morgan fingerprint density at radius 3 is 2.81 bits per heavy atom. The number of carbonyl (C=O) groups is 1. The zero-order valence-corrected chi connectivity index (χ0v) is 15.5. The minimum atomic E-state index is 0.00436. The predicted octanol–water partition coefficient (Wildman–Crippen LogP) is 4.40. The van der Waals surface area contributed by atoms with E-state index in [-0.39, 0.29) is 12.0 Å². The number of benzene rings is 1. The van der Waals surface area contributed by atoms with E-state index in [4.69, 9.17) is 16.3 Å². The number of rotatable bonds is 4. The summed E-state index contributed by atoms with van der Waals surface area (Å²) in [5.74, 6) is 0.966. The SMILES string of the molecule is O=C(c1cc(Cl)ccc1OC1CCCC1)N1CCCC(c2ccn[nH]2)C1. The second kappa shape index (κ2) is 7.70. The number of nitrogens with one attached hydrogen (secondary N) is 1. The number of carbonyl (C=O) groups excluding carboxylic acids is 1. The summed E-state index contributed by atoms with van der Waals surface area (Å²) in [5, 5.41) is 7.65. The number of amides is 1. The normalized spacial score (nSPS) is 21.1. The van der Waals surface area contributed by atoms with Crippen LogP contribution in [0.15, 0.2) is 30.5 Å². The van der Waals surface area contributed by atoms with E-state index in [2.05, 4.69) is 10.2 Å². The van der Waals surface area contributed by atoms with Crippen LogP contribution in [0.1, 0.15) is 60.5 Å². The summed E-state index contributed by atoms with van der Waals surface area (Å²) >= 11 is 6.19. The van der Waals surface area contributed by atoms with Gasteiger partial charge in [-0.05, 0) is 62.8 Å². The molecule has 1 unspecified atom stereocenters. The Balaban J connectivity index is 1.54. The zero-order valence-electron chi connectivity index (χ0n) is 14.8. The van der Waals surface area contributed by atoms with E-state index in [0.717, 1.165) is 37.9 Å². The summed E-state index contributed by atoms with van der Waals surface area (Å²) in [7, 11) is 0. The highest BCUT2D eigenvalue weighted by Gasteiger charge is 2.29. The first-order valence-electron chi connectivity index (χ1n) is 9.45. The predicted molar refractivity (Wildman–Crippen MR) is 101 cm³/mol. The van der Waals surface area contributed by atoms with Crippen LogP contribution in [0, 0.1) is 0 Å². The molecule has 2 aromatic rings. The number of nitrogens with zero attached hydrogens (tertiary/aromatic N) is 2. The molecule has 2 heterocycles. The molecule has 2 fully saturated rings. The first kappa shape index (κ1) is 17.4. The lowest BCUT2D eigenvalue weighted by Crippen LogP contribution is -2.39. The molecule has 1 aliphatic carbocycles. The van der Waals surface area contributed by atoms with Crippen LogP contribution < -0.4 is 4.74 Å². The van der Waals surface area contributed by atoms with Crippen LogP contribution in [0.5, 0.6) is 5.75 Å². The lowest BCUT2D eigenvalue weighted by atomic mass is 9.94. The number of halogens is 1. The molecule has 5 nitrogen and oxygen atoms in total. The van der Waals surface area contributed by atoms with Gasteiger partial charge in [0.15, 0.2) is 0 Å². The van der Waals surface area contributed by atoms with Gasteiger partial charge >= 0.3 is 0 Å². The highest BCUT2D eigenvalue weighted by molar-refractivity contribution is 6.31. The second-order valence-electron chi connectivity index (χ2n) is 7.27. The lowest BCUT2D eigenvalue weighted by molar-refractivity contribution is 0.0698. The quantitative estimate of drug-likeness (QED) is 0.863. The number of aromatic nitrogens is 2. The highest BCUT2D eigenvalue weighted by atomic mass is 35.5. The summed E-state index contributed by atoms with van der Waals surface area (Å²) in [5.41, 5.74) is 1.67. The van der Waals surface area contributed by atoms with Crippen molar-refractivity contribution in [2.45, 2.75) is 50.5 Å². The number of ether oxygens (including phenoxy) is 1. The van der Waals surface area contributed by atoms with E-state index in [9.17, 15) is 4.79 Å². The van der Waals surface area contributed by atoms with Crippen molar-refractivity contribution < 1.29 is 9.53 Å². The Morgan fingerprint density at radius 2 is 2.04 bits per heavy atom. The molecule has 1 aliphatic heterocycles. The molecule has 138 valence electrons. The molecule has 4 rings (SSSR count). The maximum atomic E-state index is 13.2. The van der Waals surface area contributed by atoms with E-state index in [1.807, 2.05) is 17.0 Å². The maximum Gasteiger partial charge on any atom is 0.257 e. The van der Waals surface area contributed by atoms with Crippen molar-refractivity contribution in [1.82, 2.24) is 15.1 Å². The number of aromatic amines is 1. The van der Waals surface area contributed by atoms with Crippen molar-refractivity contribution in [3.63, 3.8) is 0 Å². The molecule has 1 aromatic carbocycles. The largest absolute Gasteiger partial charge is 0.490 e. The Morgan fingerprint density at radius 1 is 1.19 bits per heavy atom. The van der Waals surface area contributed by atoms with Gasteiger partial charge in [-0.15, -0.1) is 0 Å². The molecule has 2 aliphatic rings. The molecule has 1 aromatic heterocycles. The number of likely N-dealkylation sites (tertiary alicyclic amines) is 1. The van der Waals surface area contributed by atoms with Crippen molar-refractivity contribution >= 4 is 17.5 Å². The molecule has 6 heteroatoms. The Bertz CT molecular complexity index is 756. The first-order chi connectivity index (χ1) is 12.7. The van der Waals surface area contributed by atoms with Crippen molar-refractivity contribution in [1.29, 1.82) is 0 Å². The number of hydrogen-bond acceptors (Lipinski definition) is 3. The Hall–Kier alpha value is -2.01. The van der Waals surface area contributed by atoms with Crippen molar-refractivity contribution in [2.24, 2.45) is 0 Å². The average Bonchev–Trinajstić information content (AvgIpc) is 3.36. The second-order valence-corrected chi connectivity index (χ2v) is 7.70. The molecule has 26 heavy (non-hydrogen) atoms. The van der Waals surface area contributed by atoms with Gasteiger partial charge < -0.3 is 9.64 Å². The van der Waals surface area contributed by atoms with E-state index >= 15 is 0 Å². The molecule has 0 radical (unpaired) electrons. The van der Waals surface area contributed by atoms with E-state index < -0.39 is 0 Å². The number of piperidine rings is 1. The van der Waals surface area contributed by atoms with Gasteiger partial charge in [-0.25, -0.2) is 0 Å². The van der Waals surface area contributed by atoms with Gasteiger partial charge in [0, 0.05) is 35.9 Å². The smallest absolute Gasteiger partial charge is 0.257 e. The molecule has 0 bridgehead atoms. The summed E-state index contributed by atoms with van der Waals surface area (Å²) in [4.78, 5) is 15.1. The van der Waals surface area contributed by atoms with Gasteiger partial charge in [-0.1, -0.05) is 11.6 Å². The Labute approximate surface area is 158 Å². The summed E-state index contributed by atoms with van der Waals surface area (Å²) in [6, 6.07) is 7.37. The number of H-pyrrole nitrogens is 1. The molecule has 1 saturated carbocycles. The van der Waals surface area contributed by atoms with Crippen LogP contribution in [-0.4, -0.2) is 40.2 Å². The van der Waals surface area contributed by atoms with Crippen LogP contribution in [0.2, 0.25) is 5.02 Å². The van der Waals surface area contributed by atoms with Gasteiger partial charge in [0.1, 0.15) is 5.75 Å². The molecular formula is C20H24ClN3O2. The van der Waals surface area contributed by atoms with Gasteiger partial charge in [0.25, 0.3) is 5.91 Å². The minimum Gasteiger partial charge on any atom is -0.490 e. The Kier molecular flexibility index (Phi) is 5.16. The highest BCUT2D eigenvalue weighted by Crippen LogP contribution is 2.32. The fourth-order valence-electron chi connectivity index (χ4n) is 4.04. The van der Waals surface area contributed by atoms with E-state index in [1.165, 1.54) is 12.8 Å².